The van der Waals surface area contributed by atoms with Gasteiger partial charge in [0.15, 0.2) is 0 Å². The van der Waals surface area contributed by atoms with E-state index in [4.69, 9.17) is 4.74 Å². The molecule has 2 aromatic carbocycles. The van der Waals surface area contributed by atoms with Gasteiger partial charge in [-0.05, 0) is 31.9 Å². The highest BCUT2D eigenvalue weighted by molar-refractivity contribution is 5.77. The first kappa shape index (κ1) is 14.3. The molecule has 2 atom stereocenters. The highest BCUT2D eigenvalue weighted by Crippen LogP contribution is 2.22. The molecule has 2 rings (SSSR count). The van der Waals surface area contributed by atoms with Gasteiger partial charge < -0.3 is 4.74 Å². The average Bonchev–Trinajstić information content (AvgIpc) is 2.48. The van der Waals surface area contributed by atoms with E-state index in [2.05, 4.69) is 0 Å². The summed E-state index contributed by atoms with van der Waals surface area (Å²) in [5.41, 5.74) is 3.18. The van der Waals surface area contributed by atoms with Crippen molar-refractivity contribution in [2.45, 2.75) is 32.8 Å². The van der Waals surface area contributed by atoms with E-state index in [1.54, 1.807) is 0 Å². The van der Waals surface area contributed by atoms with Crippen LogP contribution in [-0.4, -0.2) is 5.97 Å². The fourth-order valence-electron chi connectivity index (χ4n) is 2.06. The van der Waals surface area contributed by atoms with Gasteiger partial charge in [0, 0.05) is 0 Å². The molecule has 20 heavy (non-hydrogen) atoms. The minimum atomic E-state index is -0.248. The Morgan fingerprint density at radius 3 is 2.10 bits per heavy atom. The highest BCUT2D eigenvalue weighted by Gasteiger charge is 2.19. The molecule has 0 aromatic heterocycles. The summed E-state index contributed by atoms with van der Waals surface area (Å²) < 4.78 is 5.54. The van der Waals surface area contributed by atoms with E-state index in [-0.39, 0.29) is 18.0 Å². The molecule has 0 bridgehead atoms. The van der Waals surface area contributed by atoms with Crippen LogP contribution in [0.25, 0.3) is 0 Å². The van der Waals surface area contributed by atoms with Crippen LogP contribution in [0.3, 0.4) is 0 Å². The lowest BCUT2D eigenvalue weighted by Crippen LogP contribution is -2.15. The lowest BCUT2D eigenvalue weighted by atomic mass is 10.00. The molecular formula is C18H20O2. The van der Waals surface area contributed by atoms with Crippen LogP contribution in [0.5, 0.6) is 0 Å². The summed E-state index contributed by atoms with van der Waals surface area (Å²) in [6.45, 7) is 5.81. The number of aryl methyl sites for hydroxylation is 1. The molecule has 0 saturated carbocycles. The van der Waals surface area contributed by atoms with Crippen molar-refractivity contribution >= 4 is 5.97 Å². The maximum atomic E-state index is 12.2. The second-order valence-electron chi connectivity index (χ2n) is 5.12. The number of ether oxygens (including phenoxy) is 1. The Morgan fingerprint density at radius 1 is 0.900 bits per heavy atom. The van der Waals surface area contributed by atoms with Crippen LogP contribution in [0.4, 0.5) is 0 Å². The summed E-state index contributed by atoms with van der Waals surface area (Å²) in [4.78, 5) is 12.2. The lowest BCUT2D eigenvalue weighted by molar-refractivity contribution is -0.150. The maximum absolute atomic E-state index is 12.2. The summed E-state index contributed by atoms with van der Waals surface area (Å²) in [5, 5.41) is 0. The summed E-state index contributed by atoms with van der Waals surface area (Å²) in [5.74, 6) is -0.438. The Balaban J connectivity index is 2.02. The molecule has 0 heterocycles. The topological polar surface area (TPSA) is 26.3 Å². The number of benzene rings is 2. The zero-order valence-electron chi connectivity index (χ0n) is 12.2. The van der Waals surface area contributed by atoms with Crippen molar-refractivity contribution in [1.82, 2.24) is 0 Å². The van der Waals surface area contributed by atoms with Crippen LogP contribution >= 0.6 is 0 Å². The summed E-state index contributed by atoms with van der Waals surface area (Å²) in [6, 6.07) is 17.8. The number of carbonyl (C=O) groups is 1. The Bertz CT molecular complexity index is 558. The van der Waals surface area contributed by atoms with E-state index in [1.807, 2.05) is 75.4 Å². The van der Waals surface area contributed by atoms with E-state index in [0.717, 1.165) is 11.1 Å². The standard InChI is InChI=1S/C18H20O2/c1-13-9-11-16(12-10-13)14(2)18(19)20-15(3)17-7-5-4-6-8-17/h4-12,14-15H,1-3H3/t14-,15-/m0/s1. The van der Waals surface area contributed by atoms with Crippen molar-refractivity contribution in [2.75, 3.05) is 0 Å². The number of carbonyl (C=O) groups excluding carboxylic acids is 1. The van der Waals surface area contributed by atoms with Gasteiger partial charge >= 0.3 is 5.97 Å². The molecule has 0 fully saturated rings. The van der Waals surface area contributed by atoms with Gasteiger partial charge in [-0.25, -0.2) is 0 Å². The van der Waals surface area contributed by atoms with Gasteiger partial charge in [0.05, 0.1) is 5.92 Å². The molecule has 0 saturated heterocycles. The molecule has 2 heteroatoms. The van der Waals surface area contributed by atoms with Gasteiger partial charge in [0.2, 0.25) is 0 Å². The first-order valence-corrected chi connectivity index (χ1v) is 6.90. The maximum Gasteiger partial charge on any atom is 0.313 e. The van der Waals surface area contributed by atoms with E-state index in [9.17, 15) is 4.79 Å². The van der Waals surface area contributed by atoms with Crippen molar-refractivity contribution < 1.29 is 9.53 Å². The fourth-order valence-corrected chi connectivity index (χ4v) is 2.06. The lowest BCUT2D eigenvalue weighted by Gasteiger charge is -2.17. The van der Waals surface area contributed by atoms with Crippen molar-refractivity contribution in [3.63, 3.8) is 0 Å². The van der Waals surface area contributed by atoms with Crippen LogP contribution in [0, 0.1) is 6.92 Å². The van der Waals surface area contributed by atoms with Crippen LogP contribution < -0.4 is 0 Å². The minimum Gasteiger partial charge on any atom is -0.457 e. The summed E-state index contributed by atoms with van der Waals surface area (Å²) >= 11 is 0. The van der Waals surface area contributed by atoms with Gasteiger partial charge in [-0.1, -0.05) is 60.2 Å². The Labute approximate surface area is 120 Å². The van der Waals surface area contributed by atoms with Crippen LogP contribution in [0.15, 0.2) is 54.6 Å². The summed E-state index contributed by atoms with van der Waals surface area (Å²) in [6.07, 6.45) is -0.225. The minimum absolute atomic E-state index is 0.190. The smallest absolute Gasteiger partial charge is 0.313 e. The molecule has 0 amide bonds. The molecular weight excluding hydrogens is 248 g/mol. The molecule has 0 N–H and O–H groups in total. The van der Waals surface area contributed by atoms with Gasteiger partial charge in [-0.3, -0.25) is 4.79 Å². The quantitative estimate of drug-likeness (QED) is 0.768. The number of rotatable bonds is 4. The third-order valence-corrected chi connectivity index (χ3v) is 3.49. The van der Waals surface area contributed by atoms with Crippen molar-refractivity contribution in [3.05, 3.63) is 71.3 Å². The predicted molar refractivity (Wildman–Crippen MR) is 80.5 cm³/mol. The molecule has 0 unspecified atom stereocenters. The number of hydrogen-bond donors (Lipinski definition) is 0. The van der Waals surface area contributed by atoms with Gasteiger partial charge in [-0.2, -0.15) is 0 Å². The SMILES string of the molecule is Cc1ccc([C@H](C)C(=O)O[C@@H](C)c2ccccc2)cc1. The molecule has 2 nitrogen and oxygen atoms in total. The first-order valence-electron chi connectivity index (χ1n) is 6.90. The number of esters is 1. The van der Waals surface area contributed by atoms with Crippen LogP contribution in [0.2, 0.25) is 0 Å². The zero-order valence-corrected chi connectivity index (χ0v) is 12.2. The van der Waals surface area contributed by atoms with E-state index in [0.29, 0.717) is 0 Å². The van der Waals surface area contributed by atoms with E-state index < -0.39 is 0 Å². The Kier molecular flexibility index (Phi) is 4.57. The monoisotopic (exact) mass is 268 g/mol. The second kappa shape index (κ2) is 6.38. The Hall–Kier alpha value is -2.09. The summed E-state index contributed by atoms with van der Waals surface area (Å²) in [7, 11) is 0. The molecule has 2 aromatic rings. The van der Waals surface area contributed by atoms with E-state index >= 15 is 0 Å². The molecule has 0 aliphatic heterocycles. The van der Waals surface area contributed by atoms with Gasteiger partial charge in [0.25, 0.3) is 0 Å². The van der Waals surface area contributed by atoms with Gasteiger partial charge in [0.1, 0.15) is 6.10 Å². The molecule has 0 radical (unpaired) electrons. The largest absolute Gasteiger partial charge is 0.457 e. The van der Waals surface area contributed by atoms with Gasteiger partial charge in [-0.15, -0.1) is 0 Å². The van der Waals surface area contributed by atoms with Crippen molar-refractivity contribution in [3.8, 4) is 0 Å². The van der Waals surface area contributed by atoms with Crippen molar-refractivity contribution in [2.24, 2.45) is 0 Å². The second-order valence-corrected chi connectivity index (χ2v) is 5.12. The molecule has 0 spiro atoms. The fraction of sp³-hybridized carbons (Fsp3) is 0.278. The predicted octanol–water partition coefficient (Wildman–Crippen LogP) is 4.40. The van der Waals surface area contributed by atoms with Crippen LogP contribution in [0.1, 0.15) is 42.6 Å². The average molecular weight is 268 g/mol. The molecule has 104 valence electrons. The number of hydrogen-bond acceptors (Lipinski definition) is 2. The molecule has 0 aliphatic rings. The molecule has 0 aliphatic carbocycles. The van der Waals surface area contributed by atoms with Crippen LogP contribution in [-0.2, 0) is 9.53 Å². The highest BCUT2D eigenvalue weighted by atomic mass is 16.5. The third-order valence-electron chi connectivity index (χ3n) is 3.49. The normalized spacial score (nSPS) is 13.6. The van der Waals surface area contributed by atoms with Crippen molar-refractivity contribution in [1.29, 1.82) is 0 Å². The zero-order chi connectivity index (χ0) is 14.5. The Morgan fingerprint density at radius 2 is 1.50 bits per heavy atom. The first-order chi connectivity index (χ1) is 9.58. The third kappa shape index (κ3) is 3.47. The van der Waals surface area contributed by atoms with E-state index in [1.165, 1.54) is 5.56 Å².